The lowest BCUT2D eigenvalue weighted by atomic mass is 10.1. The number of aromatic amines is 1. The Kier molecular flexibility index (Phi) is 2.81. The summed E-state index contributed by atoms with van der Waals surface area (Å²) in [4.78, 5) is 19.2. The van der Waals surface area contributed by atoms with E-state index in [4.69, 9.17) is 0 Å². The van der Waals surface area contributed by atoms with Crippen LogP contribution in [-0.2, 0) is 6.42 Å². The summed E-state index contributed by atoms with van der Waals surface area (Å²) in [6.45, 7) is 2.67. The van der Waals surface area contributed by atoms with Gasteiger partial charge in [-0.2, -0.15) is 0 Å². The zero-order valence-corrected chi connectivity index (χ0v) is 10.6. The summed E-state index contributed by atoms with van der Waals surface area (Å²) >= 11 is 0. The molecule has 3 rings (SSSR count). The van der Waals surface area contributed by atoms with Gasteiger partial charge in [0.1, 0.15) is 17.5 Å². The predicted molar refractivity (Wildman–Crippen MR) is 71.8 cm³/mol. The third-order valence-electron chi connectivity index (χ3n) is 3.37. The van der Waals surface area contributed by atoms with Gasteiger partial charge >= 0.3 is 0 Å². The van der Waals surface area contributed by atoms with Crippen LogP contribution in [0.15, 0.2) is 23.0 Å². The highest BCUT2D eigenvalue weighted by Gasteiger charge is 2.16. The molecule has 0 radical (unpaired) electrons. The van der Waals surface area contributed by atoms with E-state index in [0.717, 1.165) is 24.9 Å². The van der Waals surface area contributed by atoms with Crippen LogP contribution in [0.2, 0.25) is 0 Å². The average molecular weight is 259 g/mol. The number of benzene rings is 1. The second kappa shape index (κ2) is 4.50. The van der Waals surface area contributed by atoms with Crippen LogP contribution < -0.4 is 10.9 Å². The average Bonchev–Trinajstić information content (AvgIpc) is 2.41. The van der Waals surface area contributed by atoms with E-state index in [0.29, 0.717) is 22.8 Å². The van der Waals surface area contributed by atoms with Crippen LogP contribution in [0, 0.1) is 12.7 Å². The molecule has 0 saturated heterocycles. The molecule has 4 nitrogen and oxygen atoms in total. The largest absolute Gasteiger partial charge is 0.370 e. The predicted octanol–water partition coefficient (Wildman–Crippen LogP) is 2.24. The first kappa shape index (κ1) is 11.9. The van der Waals surface area contributed by atoms with Gasteiger partial charge in [-0.3, -0.25) is 4.79 Å². The molecule has 2 aromatic rings. The Hall–Kier alpha value is -2.17. The van der Waals surface area contributed by atoms with Gasteiger partial charge in [0, 0.05) is 12.1 Å². The molecule has 98 valence electrons. The monoisotopic (exact) mass is 259 g/mol. The number of nitrogens with one attached hydrogen (secondary N) is 2. The molecule has 0 saturated carbocycles. The number of halogens is 1. The van der Waals surface area contributed by atoms with Crippen LogP contribution in [0.3, 0.4) is 0 Å². The molecule has 0 aliphatic carbocycles. The molecule has 19 heavy (non-hydrogen) atoms. The summed E-state index contributed by atoms with van der Waals surface area (Å²) in [6, 6.07) is 4.47. The van der Waals surface area contributed by atoms with Gasteiger partial charge in [0.25, 0.3) is 5.56 Å². The molecule has 1 aromatic heterocycles. The van der Waals surface area contributed by atoms with Crippen molar-refractivity contribution < 1.29 is 4.39 Å². The number of aromatic nitrogens is 2. The molecule has 0 bridgehead atoms. The van der Waals surface area contributed by atoms with Crippen molar-refractivity contribution in [2.45, 2.75) is 19.8 Å². The number of nitrogens with zero attached hydrogens (tertiary/aromatic N) is 1. The third-order valence-corrected chi connectivity index (χ3v) is 3.37. The van der Waals surface area contributed by atoms with Gasteiger partial charge in [0.05, 0.1) is 5.56 Å². The van der Waals surface area contributed by atoms with Gasteiger partial charge in [-0.05, 0) is 37.5 Å². The maximum absolute atomic E-state index is 13.3. The number of aryl methyl sites for hydroxylation is 1. The van der Waals surface area contributed by atoms with E-state index < -0.39 is 0 Å². The van der Waals surface area contributed by atoms with Crippen molar-refractivity contribution in [2.75, 3.05) is 11.9 Å². The fraction of sp³-hybridized carbons (Fsp3) is 0.286. The lowest BCUT2D eigenvalue weighted by molar-refractivity contribution is 0.627. The molecule has 5 heteroatoms. The normalized spacial score (nSPS) is 13.8. The van der Waals surface area contributed by atoms with Crippen molar-refractivity contribution in [1.29, 1.82) is 0 Å². The van der Waals surface area contributed by atoms with E-state index in [1.165, 1.54) is 12.1 Å². The van der Waals surface area contributed by atoms with Gasteiger partial charge < -0.3 is 10.3 Å². The molecule has 0 amide bonds. The van der Waals surface area contributed by atoms with E-state index in [1.54, 1.807) is 6.07 Å². The maximum Gasteiger partial charge on any atom is 0.256 e. The van der Waals surface area contributed by atoms with Crippen LogP contribution in [0.25, 0.3) is 11.4 Å². The SMILES string of the molecule is Cc1ccc(F)cc1-c1nc2c(c(=O)[nH]1)CCCN2. The van der Waals surface area contributed by atoms with Crippen molar-refractivity contribution in [3.05, 3.63) is 45.5 Å². The molecule has 1 aromatic carbocycles. The van der Waals surface area contributed by atoms with Crippen molar-refractivity contribution >= 4 is 5.82 Å². The Bertz CT molecular complexity index is 694. The summed E-state index contributed by atoms with van der Waals surface area (Å²) in [5, 5.41) is 3.12. The first-order chi connectivity index (χ1) is 9.15. The number of H-pyrrole nitrogens is 1. The third kappa shape index (κ3) is 2.12. The second-order valence-electron chi connectivity index (χ2n) is 4.73. The molecular formula is C14H14FN3O. The van der Waals surface area contributed by atoms with Crippen LogP contribution >= 0.6 is 0 Å². The lowest BCUT2D eigenvalue weighted by Crippen LogP contribution is -2.24. The first-order valence-corrected chi connectivity index (χ1v) is 6.29. The number of hydrogen-bond donors (Lipinski definition) is 2. The second-order valence-corrected chi connectivity index (χ2v) is 4.73. The maximum atomic E-state index is 13.3. The molecule has 1 aliphatic heterocycles. The summed E-state index contributed by atoms with van der Waals surface area (Å²) in [6.07, 6.45) is 1.66. The zero-order valence-electron chi connectivity index (χ0n) is 10.6. The molecule has 2 N–H and O–H groups in total. The van der Waals surface area contributed by atoms with Crippen molar-refractivity contribution in [3.8, 4) is 11.4 Å². The van der Waals surface area contributed by atoms with Crippen molar-refractivity contribution in [3.63, 3.8) is 0 Å². The van der Waals surface area contributed by atoms with E-state index in [1.807, 2.05) is 6.92 Å². The van der Waals surface area contributed by atoms with E-state index >= 15 is 0 Å². The quantitative estimate of drug-likeness (QED) is 0.825. The minimum atomic E-state index is -0.339. The minimum Gasteiger partial charge on any atom is -0.370 e. The Labute approximate surface area is 109 Å². The number of fused-ring (bicyclic) bond motifs is 1. The van der Waals surface area contributed by atoms with Crippen LogP contribution in [-0.4, -0.2) is 16.5 Å². The van der Waals surface area contributed by atoms with Gasteiger partial charge in [0.15, 0.2) is 0 Å². The Morgan fingerprint density at radius 3 is 3.05 bits per heavy atom. The zero-order chi connectivity index (χ0) is 13.4. The molecular weight excluding hydrogens is 245 g/mol. The molecule has 0 spiro atoms. The van der Waals surface area contributed by atoms with Crippen molar-refractivity contribution in [2.24, 2.45) is 0 Å². The minimum absolute atomic E-state index is 0.143. The van der Waals surface area contributed by atoms with Crippen LogP contribution in [0.5, 0.6) is 0 Å². The molecule has 1 aliphatic rings. The standard InChI is InChI=1S/C14H14FN3O/c1-8-4-5-9(15)7-11(8)13-17-12-10(14(19)18-13)3-2-6-16-12/h4-5,7H,2-3,6H2,1H3,(H2,16,17,18,19). The highest BCUT2D eigenvalue weighted by molar-refractivity contribution is 5.62. The fourth-order valence-electron chi connectivity index (χ4n) is 2.32. The Morgan fingerprint density at radius 1 is 1.37 bits per heavy atom. The fourth-order valence-corrected chi connectivity index (χ4v) is 2.32. The Balaban J connectivity index is 2.18. The van der Waals surface area contributed by atoms with Gasteiger partial charge in [0.2, 0.25) is 0 Å². The smallest absolute Gasteiger partial charge is 0.256 e. The molecule has 2 heterocycles. The van der Waals surface area contributed by atoms with E-state index in [9.17, 15) is 9.18 Å². The summed E-state index contributed by atoms with van der Waals surface area (Å²) in [5.74, 6) is 0.692. The van der Waals surface area contributed by atoms with Crippen molar-refractivity contribution in [1.82, 2.24) is 9.97 Å². The van der Waals surface area contributed by atoms with Gasteiger partial charge in [-0.1, -0.05) is 6.07 Å². The Morgan fingerprint density at radius 2 is 2.21 bits per heavy atom. The van der Waals surface area contributed by atoms with E-state index in [-0.39, 0.29) is 11.4 Å². The highest BCUT2D eigenvalue weighted by Crippen LogP contribution is 2.23. The van der Waals surface area contributed by atoms with Crippen LogP contribution in [0.4, 0.5) is 10.2 Å². The number of rotatable bonds is 1. The molecule has 0 unspecified atom stereocenters. The van der Waals surface area contributed by atoms with Crippen LogP contribution in [0.1, 0.15) is 17.5 Å². The lowest BCUT2D eigenvalue weighted by Gasteiger charge is -2.17. The number of hydrogen-bond acceptors (Lipinski definition) is 3. The van der Waals surface area contributed by atoms with E-state index in [2.05, 4.69) is 15.3 Å². The summed E-state index contributed by atoms with van der Waals surface area (Å²) in [7, 11) is 0. The van der Waals surface area contributed by atoms with Gasteiger partial charge in [-0.25, -0.2) is 9.37 Å². The highest BCUT2D eigenvalue weighted by atomic mass is 19.1. The number of anilines is 1. The molecule has 0 fully saturated rings. The summed E-state index contributed by atoms with van der Waals surface area (Å²) < 4.78 is 13.3. The summed E-state index contributed by atoms with van der Waals surface area (Å²) in [5.41, 5.74) is 2.03. The first-order valence-electron chi connectivity index (χ1n) is 6.29. The topological polar surface area (TPSA) is 57.8 Å². The molecule has 0 atom stereocenters. The van der Waals surface area contributed by atoms with Gasteiger partial charge in [-0.15, -0.1) is 0 Å².